The second-order valence-corrected chi connectivity index (χ2v) is 13.3. The summed E-state index contributed by atoms with van der Waals surface area (Å²) >= 11 is 0. The number of amides is 1. The molecule has 5 rings (SSSR count). The zero-order valence-corrected chi connectivity index (χ0v) is 26.7. The molecule has 11 heteroatoms. The van der Waals surface area contributed by atoms with Crippen LogP contribution in [0.15, 0.2) is 49.1 Å². The molecule has 0 saturated heterocycles. The topological polar surface area (TPSA) is 120 Å². The Morgan fingerprint density at radius 3 is 2.50 bits per heavy atom. The minimum Gasteiger partial charge on any atom is -0.444 e. The van der Waals surface area contributed by atoms with E-state index in [0.29, 0.717) is 49.7 Å². The second kappa shape index (κ2) is 12.2. The highest BCUT2D eigenvalue weighted by atomic mass is 16.6. The van der Waals surface area contributed by atoms with Gasteiger partial charge in [0.1, 0.15) is 17.7 Å². The van der Waals surface area contributed by atoms with Gasteiger partial charge in [-0.15, -0.1) is 0 Å². The Morgan fingerprint density at radius 2 is 1.80 bits per heavy atom. The van der Waals surface area contributed by atoms with Crippen molar-refractivity contribution in [3.05, 3.63) is 71.4 Å². The smallest absolute Gasteiger partial charge is 0.410 e. The molecule has 1 aliphatic heterocycles. The van der Waals surface area contributed by atoms with Crippen LogP contribution in [-0.4, -0.2) is 58.5 Å². The fraction of sp³-hybridized carbons (Fsp3) is 0.455. The summed E-state index contributed by atoms with van der Waals surface area (Å²) in [4.78, 5) is 36.1. The van der Waals surface area contributed by atoms with Crippen LogP contribution < -0.4 is 5.32 Å². The number of aromatic nitrogens is 6. The predicted octanol–water partition coefficient (Wildman–Crippen LogP) is 6.30. The van der Waals surface area contributed by atoms with Gasteiger partial charge in [-0.25, -0.2) is 14.8 Å². The van der Waals surface area contributed by atoms with Crippen molar-refractivity contribution in [3.8, 4) is 11.3 Å². The third-order valence-corrected chi connectivity index (χ3v) is 7.44. The van der Waals surface area contributed by atoms with Crippen molar-refractivity contribution in [1.29, 1.82) is 0 Å². The molecule has 11 nitrogen and oxygen atoms in total. The maximum absolute atomic E-state index is 12.8. The van der Waals surface area contributed by atoms with Gasteiger partial charge >= 0.3 is 6.09 Å². The van der Waals surface area contributed by atoms with E-state index in [9.17, 15) is 9.59 Å². The number of Topliss-reactive ketones (excluding diaryl/α,β-unsaturated/α-hetero) is 1. The van der Waals surface area contributed by atoms with E-state index in [-0.39, 0.29) is 17.4 Å². The number of carbonyl (C=O) groups is 2. The Morgan fingerprint density at radius 1 is 1.00 bits per heavy atom. The Bertz CT molecular complexity index is 1660. The van der Waals surface area contributed by atoms with Crippen LogP contribution >= 0.6 is 0 Å². The zero-order valence-electron chi connectivity index (χ0n) is 26.7. The molecule has 0 spiro atoms. The van der Waals surface area contributed by atoms with E-state index in [0.717, 1.165) is 34.5 Å². The molecular formula is C33H42N8O3. The average molecular weight is 599 g/mol. The Labute approximate surface area is 258 Å². The first-order valence-electron chi connectivity index (χ1n) is 15.1. The van der Waals surface area contributed by atoms with Crippen LogP contribution in [0.3, 0.4) is 0 Å². The van der Waals surface area contributed by atoms with Gasteiger partial charge in [0.25, 0.3) is 0 Å². The van der Waals surface area contributed by atoms with Crippen LogP contribution in [0.2, 0.25) is 0 Å². The number of fused-ring (bicyclic) bond motifs is 1. The standard InChI is InChI=1S/C33H42N8O3/c1-22-15-24(10-9-23(22)11-12-28(42)25-18-36-41(19-25)32(2,3)4)27-17-29(35-21-34-27)37-30-16-26-20-39(13-8-14-40(26)38-30)31(43)44-33(5,6)7/h9-10,15-19,21H,8,11-14,20H2,1-7H3,(H,34,35,37,38). The van der Waals surface area contributed by atoms with Crippen LogP contribution in [0, 0.1) is 6.92 Å². The SMILES string of the molecule is Cc1cc(-c2cc(Nc3cc4n(n3)CCCN(C(=O)OC(C)(C)C)C4)ncn2)ccc1CCC(=O)c1cnn(C(C)(C)C)c1. The molecule has 1 aromatic carbocycles. The number of ether oxygens (including phenoxy) is 1. The van der Waals surface area contributed by atoms with Crippen LogP contribution in [0.1, 0.15) is 81.6 Å². The van der Waals surface area contributed by atoms with Crippen molar-refractivity contribution in [2.75, 3.05) is 11.9 Å². The summed E-state index contributed by atoms with van der Waals surface area (Å²) in [6, 6.07) is 10.0. The summed E-state index contributed by atoms with van der Waals surface area (Å²) in [5.41, 5.74) is 4.82. The number of aryl methyl sites for hydroxylation is 3. The van der Waals surface area contributed by atoms with Crippen LogP contribution in [0.4, 0.5) is 16.4 Å². The van der Waals surface area contributed by atoms with Gasteiger partial charge in [-0.2, -0.15) is 10.2 Å². The Kier molecular flexibility index (Phi) is 8.58. The fourth-order valence-electron chi connectivity index (χ4n) is 5.08. The van der Waals surface area contributed by atoms with E-state index in [4.69, 9.17) is 9.84 Å². The van der Waals surface area contributed by atoms with Gasteiger partial charge in [0.2, 0.25) is 0 Å². The number of benzene rings is 1. The lowest BCUT2D eigenvalue weighted by Gasteiger charge is -2.26. The molecule has 1 aliphatic rings. The largest absolute Gasteiger partial charge is 0.444 e. The van der Waals surface area contributed by atoms with Crippen molar-refractivity contribution in [3.63, 3.8) is 0 Å². The number of hydrogen-bond donors (Lipinski definition) is 1. The lowest BCUT2D eigenvalue weighted by Crippen LogP contribution is -2.36. The van der Waals surface area contributed by atoms with Gasteiger partial charge < -0.3 is 15.0 Å². The van der Waals surface area contributed by atoms with Crippen molar-refractivity contribution in [2.24, 2.45) is 0 Å². The number of anilines is 2. The Balaban J connectivity index is 1.23. The minimum atomic E-state index is -0.545. The van der Waals surface area contributed by atoms with Gasteiger partial charge in [-0.3, -0.25) is 14.2 Å². The maximum Gasteiger partial charge on any atom is 0.410 e. The molecule has 0 aliphatic carbocycles. The first kappa shape index (κ1) is 30.9. The summed E-state index contributed by atoms with van der Waals surface area (Å²) in [5.74, 6) is 1.36. The van der Waals surface area contributed by atoms with Crippen molar-refractivity contribution in [1.82, 2.24) is 34.4 Å². The molecule has 0 atom stereocenters. The maximum atomic E-state index is 12.8. The first-order valence-corrected chi connectivity index (χ1v) is 15.1. The number of nitrogens with zero attached hydrogens (tertiary/aromatic N) is 7. The number of rotatable bonds is 7. The number of carbonyl (C=O) groups excluding carboxylic acids is 2. The molecule has 3 aromatic heterocycles. The van der Waals surface area contributed by atoms with Crippen LogP contribution in [0.25, 0.3) is 11.3 Å². The summed E-state index contributed by atoms with van der Waals surface area (Å²) in [6.07, 6.45) is 6.56. The molecule has 0 unspecified atom stereocenters. The van der Waals surface area contributed by atoms with Gasteiger partial charge in [0.05, 0.1) is 35.2 Å². The van der Waals surface area contributed by atoms with Gasteiger partial charge in [-0.05, 0) is 78.5 Å². The highest BCUT2D eigenvalue weighted by molar-refractivity contribution is 5.95. The molecular weight excluding hydrogens is 556 g/mol. The first-order chi connectivity index (χ1) is 20.7. The fourth-order valence-corrected chi connectivity index (χ4v) is 5.08. The highest BCUT2D eigenvalue weighted by Gasteiger charge is 2.25. The minimum absolute atomic E-state index is 0.0876. The van der Waals surface area contributed by atoms with Crippen LogP contribution in [-0.2, 0) is 29.8 Å². The average Bonchev–Trinajstić information content (AvgIpc) is 3.54. The second-order valence-electron chi connectivity index (χ2n) is 13.3. The Hall–Kier alpha value is -4.54. The molecule has 44 heavy (non-hydrogen) atoms. The highest BCUT2D eigenvalue weighted by Crippen LogP contribution is 2.26. The molecule has 0 radical (unpaired) electrons. The molecule has 1 amide bonds. The quantitative estimate of drug-likeness (QED) is 0.246. The summed E-state index contributed by atoms with van der Waals surface area (Å²) in [6.45, 7) is 15.6. The summed E-state index contributed by atoms with van der Waals surface area (Å²) < 4.78 is 9.34. The number of nitrogens with one attached hydrogen (secondary N) is 1. The molecule has 1 N–H and O–H groups in total. The van der Waals surface area contributed by atoms with E-state index in [1.165, 1.54) is 6.33 Å². The molecule has 0 saturated carbocycles. The van der Waals surface area contributed by atoms with E-state index in [2.05, 4.69) is 60.2 Å². The monoisotopic (exact) mass is 598 g/mol. The van der Waals surface area contributed by atoms with Gasteiger partial charge in [-0.1, -0.05) is 12.1 Å². The van der Waals surface area contributed by atoms with Crippen molar-refractivity contribution < 1.29 is 14.3 Å². The van der Waals surface area contributed by atoms with Crippen LogP contribution in [0.5, 0.6) is 0 Å². The third kappa shape index (κ3) is 7.50. The predicted molar refractivity (Wildman–Crippen MR) is 169 cm³/mol. The zero-order chi connectivity index (χ0) is 31.6. The molecule has 4 heterocycles. The van der Waals surface area contributed by atoms with E-state index in [1.807, 2.05) is 54.5 Å². The molecule has 232 valence electrons. The summed E-state index contributed by atoms with van der Waals surface area (Å²) in [5, 5.41) is 12.4. The van der Waals surface area contributed by atoms with E-state index < -0.39 is 5.60 Å². The molecule has 4 aromatic rings. The molecule has 0 bridgehead atoms. The molecule has 0 fully saturated rings. The van der Waals surface area contributed by atoms with Crippen molar-refractivity contribution in [2.45, 2.75) is 92.0 Å². The lowest BCUT2D eigenvalue weighted by atomic mass is 9.98. The third-order valence-electron chi connectivity index (χ3n) is 7.44. The van der Waals surface area contributed by atoms with E-state index >= 15 is 0 Å². The van der Waals surface area contributed by atoms with Gasteiger partial charge in [0, 0.05) is 43.4 Å². The van der Waals surface area contributed by atoms with E-state index in [1.54, 1.807) is 11.1 Å². The normalized spacial score (nSPS) is 13.8. The van der Waals surface area contributed by atoms with Gasteiger partial charge in [0.15, 0.2) is 11.6 Å². The number of ketones is 1. The van der Waals surface area contributed by atoms with Crippen molar-refractivity contribution >= 4 is 23.5 Å². The lowest BCUT2D eigenvalue weighted by molar-refractivity contribution is 0.0236. The summed E-state index contributed by atoms with van der Waals surface area (Å²) in [7, 11) is 0. The number of hydrogen-bond acceptors (Lipinski definition) is 8.